The maximum absolute atomic E-state index is 12.5. The number of rotatable bonds is 4. The Morgan fingerprint density at radius 1 is 1.19 bits per heavy atom. The van der Waals surface area contributed by atoms with Crippen LogP contribution in [0.1, 0.15) is 24.2 Å². The maximum Gasteiger partial charge on any atom is 0.338 e. The zero-order valence-electron chi connectivity index (χ0n) is 11.8. The van der Waals surface area contributed by atoms with Crippen molar-refractivity contribution in [3.8, 4) is 0 Å². The highest BCUT2D eigenvalue weighted by molar-refractivity contribution is 7.92. The lowest BCUT2D eigenvalue weighted by atomic mass is 10.2. The van der Waals surface area contributed by atoms with Crippen molar-refractivity contribution in [3.05, 3.63) is 54.2 Å². The third-order valence-corrected chi connectivity index (χ3v) is 4.46. The Balaban J connectivity index is 2.29. The minimum atomic E-state index is -3.17. The lowest BCUT2D eigenvalue weighted by Crippen LogP contribution is -2.11. The van der Waals surface area contributed by atoms with E-state index in [1.165, 1.54) is 30.5 Å². The van der Waals surface area contributed by atoms with E-state index < -0.39 is 15.7 Å². The van der Waals surface area contributed by atoms with Gasteiger partial charge < -0.3 is 4.74 Å². The van der Waals surface area contributed by atoms with Gasteiger partial charge in [0.1, 0.15) is 14.8 Å². The highest BCUT2D eigenvalue weighted by Crippen LogP contribution is 2.20. The molecule has 1 N–H and O–H groups in total. The molecule has 0 amide bonds. The predicted octanol–water partition coefficient (Wildman–Crippen LogP) is 3.11. The fourth-order valence-corrected chi connectivity index (χ4v) is 2.94. The number of nitrogens with zero attached hydrogens (tertiary/aromatic N) is 1. The monoisotopic (exact) mass is 304 g/mol. The van der Waals surface area contributed by atoms with Crippen LogP contribution in [0, 0.1) is 4.78 Å². The average molecular weight is 304 g/mol. The van der Waals surface area contributed by atoms with Crippen molar-refractivity contribution in [1.82, 2.24) is 4.98 Å². The maximum atomic E-state index is 12.5. The summed E-state index contributed by atoms with van der Waals surface area (Å²) in [6.07, 6.45) is 1.30. The van der Waals surface area contributed by atoms with Crippen LogP contribution in [0.5, 0.6) is 0 Å². The van der Waals surface area contributed by atoms with Gasteiger partial charge in [-0.05, 0) is 50.2 Å². The second-order valence-corrected chi connectivity index (χ2v) is 6.70. The zero-order valence-corrected chi connectivity index (χ0v) is 12.6. The smallest absolute Gasteiger partial charge is 0.338 e. The summed E-state index contributed by atoms with van der Waals surface area (Å²) in [7, 11) is -3.17. The molecule has 0 radical (unpaired) electrons. The molecule has 0 spiro atoms. The van der Waals surface area contributed by atoms with Gasteiger partial charge in [0.15, 0.2) is 0 Å². The lowest BCUT2D eigenvalue weighted by Gasteiger charge is -2.09. The number of benzene rings is 1. The predicted molar refractivity (Wildman–Crippen MR) is 78.6 cm³/mol. The van der Waals surface area contributed by atoms with Gasteiger partial charge in [-0.15, -0.1) is 0 Å². The molecule has 0 saturated heterocycles. The van der Waals surface area contributed by atoms with E-state index in [9.17, 15) is 9.00 Å². The summed E-state index contributed by atoms with van der Waals surface area (Å²) in [5.74, 6) is -0.439. The molecule has 1 aromatic carbocycles. The summed E-state index contributed by atoms with van der Waals surface area (Å²) >= 11 is 0. The molecule has 1 heterocycles. The first kappa shape index (κ1) is 15.2. The van der Waals surface area contributed by atoms with Crippen LogP contribution in [0.3, 0.4) is 0 Å². The van der Waals surface area contributed by atoms with E-state index >= 15 is 0 Å². The molecule has 2 rings (SSSR count). The number of carbonyl (C=O) groups excluding carboxylic acids is 1. The van der Waals surface area contributed by atoms with E-state index in [0.717, 1.165) is 0 Å². The molecule has 110 valence electrons. The number of esters is 1. The Hall–Kier alpha value is -2.21. The fourth-order valence-electron chi connectivity index (χ4n) is 1.70. The molecule has 0 aliphatic heterocycles. The molecular formula is C15H16N2O3S. The van der Waals surface area contributed by atoms with Gasteiger partial charge in [0.2, 0.25) is 0 Å². The third-order valence-electron chi connectivity index (χ3n) is 2.70. The van der Waals surface area contributed by atoms with Gasteiger partial charge in [0, 0.05) is 6.20 Å². The van der Waals surface area contributed by atoms with Gasteiger partial charge in [0.25, 0.3) is 0 Å². The van der Waals surface area contributed by atoms with E-state index in [0.29, 0.717) is 10.5 Å². The largest absolute Gasteiger partial charge is 0.459 e. The van der Waals surface area contributed by atoms with Crippen molar-refractivity contribution >= 4 is 15.7 Å². The molecule has 0 aliphatic carbocycles. The highest BCUT2D eigenvalue weighted by Gasteiger charge is 2.16. The van der Waals surface area contributed by atoms with Crippen LogP contribution in [-0.4, -0.2) is 21.3 Å². The molecule has 1 aromatic heterocycles. The zero-order chi connectivity index (χ0) is 15.5. The number of aromatic nitrogens is 1. The minimum Gasteiger partial charge on any atom is -0.459 e. The summed E-state index contributed by atoms with van der Waals surface area (Å²) < 4.78 is 25.7. The molecule has 2 aromatic rings. The first-order valence-electron chi connectivity index (χ1n) is 6.42. The molecule has 0 saturated carbocycles. The van der Waals surface area contributed by atoms with Crippen LogP contribution in [-0.2, 0) is 14.5 Å². The number of pyridine rings is 1. The van der Waals surface area contributed by atoms with E-state index in [2.05, 4.69) is 4.98 Å². The molecule has 1 unspecified atom stereocenters. The summed E-state index contributed by atoms with van der Waals surface area (Å²) in [4.78, 5) is 16.0. The van der Waals surface area contributed by atoms with Crippen LogP contribution < -0.4 is 0 Å². The second kappa shape index (κ2) is 6.05. The number of ether oxygens (including phenoxy) is 1. The highest BCUT2D eigenvalue weighted by atomic mass is 32.2. The summed E-state index contributed by atoms with van der Waals surface area (Å²) in [5, 5.41) is 0.197. The van der Waals surface area contributed by atoms with E-state index in [-0.39, 0.29) is 11.1 Å². The minimum absolute atomic E-state index is 0.197. The quantitative estimate of drug-likeness (QED) is 0.880. The van der Waals surface area contributed by atoms with Crippen molar-refractivity contribution in [2.75, 3.05) is 0 Å². The van der Waals surface area contributed by atoms with Gasteiger partial charge in [-0.3, -0.25) is 0 Å². The third kappa shape index (κ3) is 3.46. The summed E-state index contributed by atoms with van der Waals surface area (Å²) in [6.45, 7) is 3.54. The van der Waals surface area contributed by atoms with E-state index in [1.54, 1.807) is 32.0 Å². The molecule has 6 heteroatoms. The molecular weight excluding hydrogens is 288 g/mol. The first-order valence-corrected chi connectivity index (χ1v) is 7.98. The molecule has 0 bridgehead atoms. The SMILES string of the molecule is CC(C)OC(=O)c1ccc(S(=N)(=O)c2ccccn2)cc1. The van der Waals surface area contributed by atoms with Gasteiger partial charge >= 0.3 is 5.97 Å². The van der Waals surface area contributed by atoms with Crippen molar-refractivity contribution in [3.63, 3.8) is 0 Å². The van der Waals surface area contributed by atoms with Crippen molar-refractivity contribution < 1.29 is 13.7 Å². The topological polar surface area (TPSA) is 80.1 Å². The Morgan fingerprint density at radius 3 is 2.38 bits per heavy atom. The summed E-state index contributed by atoms with van der Waals surface area (Å²) in [6, 6.07) is 11.0. The average Bonchev–Trinajstić information content (AvgIpc) is 2.47. The van der Waals surface area contributed by atoms with Crippen LogP contribution >= 0.6 is 0 Å². The van der Waals surface area contributed by atoms with Crippen LogP contribution in [0.15, 0.2) is 58.6 Å². The van der Waals surface area contributed by atoms with Crippen molar-refractivity contribution in [2.45, 2.75) is 29.9 Å². The number of hydrogen-bond acceptors (Lipinski definition) is 5. The number of hydrogen-bond donors (Lipinski definition) is 1. The molecule has 0 fully saturated rings. The summed E-state index contributed by atoms with van der Waals surface area (Å²) in [5.41, 5.74) is 0.365. The molecule has 1 atom stereocenters. The Bertz CT molecular complexity index is 723. The normalized spacial score (nSPS) is 13.7. The number of carbonyl (C=O) groups is 1. The fraction of sp³-hybridized carbons (Fsp3) is 0.200. The standard InChI is InChI=1S/C15H16N2O3S/c1-11(2)20-15(18)12-6-8-13(9-7-12)21(16,19)14-5-3-4-10-17-14/h3-11,16H,1-2H3. The van der Waals surface area contributed by atoms with Gasteiger partial charge in [-0.25, -0.2) is 18.8 Å². The molecule has 0 aliphatic rings. The first-order chi connectivity index (χ1) is 9.91. The lowest BCUT2D eigenvalue weighted by molar-refractivity contribution is 0.0378. The van der Waals surface area contributed by atoms with E-state index in [4.69, 9.17) is 9.52 Å². The van der Waals surface area contributed by atoms with Gasteiger partial charge in [-0.1, -0.05) is 6.07 Å². The van der Waals surface area contributed by atoms with Gasteiger partial charge in [0.05, 0.1) is 16.6 Å². The van der Waals surface area contributed by atoms with Gasteiger partial charge in [-0.2, -0.15) is 0 Å². The van der Waals surface area contributed by atoms with Crippen molar-refractivity contribution in [1.29, 1.82) is 4.78 Å². The second-order valence-electron chi connectivity index (χ2n) is 4.70. The van der Waals surface area contributed by atoms with E-state index in [1.807, 2.05) is 0 Å². The Morgan fingerprint density at radius 2 is 1.86 bits per heavy atom. The Labute approximate surface area is 124 Å². The van der Waals surface area contributed by atoms with Crippen LogP contribution in [0.25, 0.3) is 0 Å². The molecule has 5 nitrogen and oxygen atoms in total. The number of nitrogens with one attached hydrogen (secondary N) is 1. The van der Waals surface area contributed by atoms with Crippen LogP contribution in [0.4, 0.5) is 0 Å². The van der Waals surface area contributed by atoms with Crippen LogP contribution in [0.2, 0.25) is 0 Å². The molecule has 21 heavy (non-hydrogen) atoms. The van der Waals surface area contributed by atoms with Crippen molar-refractivity contribution in [2.24, 2.45) is 0 Å². The Kier molecular flexibility index (Phi) is 4.37.